The van der Waals surface area contributed by atoms with Crippen LogP contribution in [0, 0.1) is 11.8 Å². The lowest BCUT2D eigenvalue weighted by Crippen LogP contribution is -1.90. The van der Waals surface area contributed by atoms with Crippen LogP contribution in [-0.2, 0) is 10.5 Å². The van der Waals surface area contributed by atoms with Crippen LogP contribution in [0.5, 0.6) is 0 Å². The molecule has 0 bridgehead atoms. The molecule has 88 valence electrons. The SMILES string of the molecule is COCCCSCc1cc(C#CCO)cs1. The van der Waals surface area contributed by atoms with Gasteiger partial charge in [-0.05, 0) is 18.2 Å². The number of hydrogen-bond donors (Lipinski definition) is 1. The van der Waals surface area contributed by atoms with Gasteiger partial charge >= 0.3 is 0 Å². The molecule has 1 aromatic heterocycles. The molecule has 16 heavy (non-hydrogen) atoms. The molecule has 0 atom stereocenters. The van der Waals surface area contributed by atoms with Crippen LogP contribution < -0.4 is 0 Å². The highest BCUT2D eigenvalue weighted by molar-refractivity contribution is 7.98. The molecule has 0 spiro atoms. The minimum absolute atomic E-state index is 0.0725. The third kappa shape index (κ3) is 5.57. The molecule has 1 heterocycles. The number of thiophene rings is 1. The van der Waals surface area contributed by atoms with Crippen LogP contribution in [0.25, 0.3) is 0 Å². The van der Waals surface area contributed by atoms with Crippen molar-refractivity contribution in [2.24, 2.45) is 0 Å². The lowest BCUT2D eigenvalue weighted by Gasteiger charge is -1.98. The molecule has 0 saturated heterocycles. The van der Waals surface area contributed by atoms with E-state index in [0.29, 0.717) is 0 Å². The van der Waals surface area contributed by atoms with Gasteiger partial charge in [0.15, 0.2) is 0 Å². The summed E-state index contributed by atoms with van der Waals surface area (Å²) in [7, 11) is 1.73. The highest BCUT2D eigenvalue weighted by Crippen LogP contribution is 2.20. The molecule has 0 aromatic carbocycles. The third-order valence-corrected chi connectivity index (χ3v) is 4.06. The van der Waals surface area contributed by atoms with Gasteiger partial charge in [-0.15, -0.1) is 11.3 Å². The second-order valence-corrected chi connectivity index (χ2v) is 5.26. The van der Waals surface area contributed by atoms with Gasteiger partial charge in [-0.2, -0.15) is 11.8 Å². The number of rotatable bonds is 6. The monoisotopic (exact) mass is 256 g/mol. The summed E-state index contributed by atoms with van der Waals surface area (Å²) in [6, 6.07) is 2.09. The topological polar surface area (TPSA) is 29.5 Å². The lowest BCUT2D eigenvalue weighted by molar-refractivity contribution is 0.200. The van der Waals surface area contributed by atoms with E-state index in [2.05, 4.69) is 17.9 Å². The molecule has 1 aromatic rings. The maximum Gasteiger partial charge on any atom is 0.104 e. The number of aliphatic hydroxyl groups excluding tert-OH is 1. The van der Waals surface area contributed by atoms with Crippen LogP contribution in [0.3, 0.4) is 0 Å². The summed E-state index contributed by atoms with van der Waals surface area (Å²) in [5, 5.41) is 10.6. The molecular formula is C12H16O2S2. The normalized spacial score (nSPS) is 9.88. The summed E-state index contributed by atoms with van der Waals surface area (Å²) in [5.41, 5.74) is 1.01. The number of methoxy groups -OCH3 is 1. The smallest absolute Gasteiger partial charge is 0.104 e. The Balaban J connectivity index is 2.24. The number of thioether (sulfide) groups is 1. The summed E-state index contributed by atoms with van der Waals surface area (Å²) < 4.78 is 4.99. The number of hydrogen-bond acceptors (Lipinski definition) is 4. The van der Waals surface area contributed by atoms with Gasteiger partial charge in [0.05, 0.1) is 0 Å². The number of aliphatic hydroxyl groups is 1. The van der Waals surface area contributed by atoms with E-state index in [1.54, 1.807) is 18.4 Å². The van der Waals surface area contributed by atoms with Crippen LogP contribution >= 0.6 is 23.1 Å². The first-order chi connectivity index (χ1) is 7.86. The minimum Gasteiger partial charge on any atom is -0.385 e. The van der Waals surface area contributed by atoms with Crippen molar-refractivity contribution in [1.29, 1.82) is 0 Å². The molecule has 0 amide bonds. The van der Waals surface area contributed by atoms with E-state index < -0.39 is 0 Å². The van der Waals surface area contributed by atoms with Crippen molar-refractivity contribution >= 4 is 23.1 Å². The van der Waals surface area contributed by atoms with Gasteiger partial charge in [0.2, 0.25) is 0 Å². The van der Waals surface area contributed by atoms with E-state index in [-0.39, 0.29) is 6.61 Å². The molecule has 2 nitrogen and oxygen atoms in total. The van der Waals surface area contributed by atoms with Crippen molar-refractivity contribution in [3.05, 3.63) is 21.9 Å². The Morgan fingerprint density at radius 1 is 1.56 bits per heavy atom. The molecule has 0 aliphatic carbocycles. The first-order valence-electron chi connectivity index (χ1n) is 5.10. The van der Waals surface area contributed by atoms with Crippen LogP contribution in [0.15, 0.2) is 11.4 Å². The quantitative estimate of drug-likeness (QED) is 0.626. The van der Waals surface area contributed by atoms with E-state index in [4.69, 9.17) is 9.84 Å². The van der Waals surface area contributed by atoms with Gasteiger partial charge in [0, 0.05) is 35.3 Å². The Bertz CT molecular complexity index is 349. The van der Waals surface area contributed by atoms with Crippen LogP contribution in [0.2, 0.25) is 0 Å². The molecule has 1 N–H and O–H groups in total. The molecule has 0 aliphatic rings. The van der Waals surface area contributed by atoms with E-state index in [1.807, 2.05) is 17.1 Å². The highest BCUT2D eigenvalue weighted by atomic mass is 32.2. The molecule has 0 radical (unpaired) electrons. The van der Waals surface area contributed by atoms with Crippen molar-refractivity contribution in [3.63, 3.8) is 0 Å². The standard InChI is InChI=1S/C12H16O2S2/c1-14-6-3-7-15-10-12-8-11(9-16-12)4-2-5-13/h8-9,13H,3,5-7,10H2,1H3. The van der Waals surface area contributed by atoms with Crippen molar-refractivity contribution < 1.29 is 9.84 Å². The fourth-order valence-corrected chi connectivity index (χ4v) is 3.01. The van der Waals surface area contributed by atoms with E-state index in [9.17, 15) is 0 Å². The lowest BCUT2D eigenvalue weighted by atomic mass is 10.3. The maximum atomic E-state index is 8.57. The molecule has 4 heteroatoms. The van der Waals surface area contributed by atoms with Gasteiger partial charge in [-0.1, -0.05) is 11.8 Å². The Labute approximate surface area is 105 Å². The second kappa shape index (κ2) is 8.66. The highest BCUT2D eigenvalue weighted by Gasteiger charge is 1.98. The molecule has 0 unspecified atom stereocenters. The Hall–Kier alpha value is -0.470. The van der Waals surface area contributed by atoms with Crippen LogP contribution in [-0.4, -0.2) is 31.2 Å². The molecule has 0 fully saturated rings. The zero-order valence-corrected chi connectivity index (χ0v) is 11.0. The van der Waals surface area contributed by atoms with E-state index in [0.717, 1.165) is 30.1 Å². The van der Waals surface area contributed by atoms with Crippen LogP contribution in [0.4, 0.5) is 0 Å². The van der Waals surface area contributed by atoms with Crippen LogP contribution in [0.1, 0.15) is 16.9 Å². The minimum atomic E-state index is -0.0725. The molecular weight excluding hydrogens is 240 g/mol. The molecule has 0 aliphatic heterocycles. The Kier molecular flexibility index (Phi) is 7.35. The Morgan fingerprint density at radius 3 is 3.19 bits per heavy atom. The third-order valence-electron chi connectivity index (χ3n) is 1.85. The summed E-state index contributed by atoms with van der Waals surface area (Å²) in [6.45, 7) is 0.765. The fourth-order valence-electron chi connectivity index (χ4n) is 1.14. The summed E-state index contributed by atoms with van der Waals surface area (Å²) in [5.74, 6) is 7.72. The van der Waals surface area contributed by atoms with Crippen molar-refractivity contribution in [1.82, 2.24) is 0 Å². The van der Waals surface area contributed by atoms with Gasteiger partial charge in [-0.25, -0.2) is 0 Å². The van der Waals surface area contributed by atoms with Crippen molar-refractivity contribution in [2.45, 2.75) is 12.2 Å². The van der Waals surface area contributed by atoms with E-state index >= 15 is 0 Å². The summed E-state index contributed by atoms with van der Waals surface area (Å²) in [4.78, 5) is 1.34. The van der Waals surface area contributed by atoms with Crippen molar-refractivity contribution in [2.75, 3.05) is 26.1 Å². The Morgan fingerprint density at radius 2 is 2.44 bits per heavy atom. The molecule has 1 rings (SSSR count). The van der Waals surface area contributed by atoms with Gasteiger partial charge in [-0.3, -0.25) is 0 Å². The summed E-state index contributed by atoms with van der Waals surface area (Å²) in [6.07, 6.45) is 1.10. The van der Waals surface area contributed by atoms with Gasteiger partial charge < -0.3 is 9.84 Å². The molecule has 0 saturated carbocycles. The second-order valence-electron chi connectivity index (χ2n) is 3.16. The average molecular weight is 256 g/mol. The predicted molar refractivity (Wildman–Crippen MR) is 70.9 cm³/mol. The fraction of sp³-hybridized carbons (Fsp3) is 0.500. The van der Waals surface area contributed by atoms with E-state index in [1.165, 1.54) is 4.88 Å². The predicted octanol–water partition coefficient (Wildman–Crippen LogP) is 2.36. The number of ether oxygens (including phenoxy) is 1. The van der Waals surface area contributed by atoms with Gasteiger partial charge in [0.1, 0.15) is 6.61 Å². The maximum absolute atomic E-state index is 8.57. The summed E-state index contributed by atoms with van der Waals surface area (Å²) >= 11 is 3.64. The van der Waals surface area contributed by atoms with Gasteiger partial charge in [0.25, 0.3) is 0 Å². The zero-order chi connectivity index (χ0) is 11.6. The first kappa shape index (κ1) is 13.6. The zero-order valence-electron chi connectivity index (χ0n) is 9.36. The van der Waals surface area contributed by atoms with Crippen molar-refractivity contribution in [3.8, 4) is 11.8 Å². The first-order valence-corrected chi connectivity index (χ1v) is 7.14. The average Bonchev–Trinajstić information content (AvgIpc) is 2.74. The largest absolute Gasteiger partial charge is 0.385 e.